The molecular formula is C17H18FN3. The molecule has 1 N–H and O–H groups in total. The molecule has 0 amide bonds. The largest absolute Gasteiger partial charge is 0.327 e. The van der Waals surface area contributed by atoms with Crippen molar-refractivity contribution in [2.24, 2.45) is 0 Å². The number of benzene rings is 2. The zero-order valence-electron chi connectivity index (χ0n) is 12.0. The summed E-state index contributed by atoms with van der Waals surface area (Å²) in [6.07, 6.45) is 0. The van der Waals surface area contributed by atoms with Crippen LogP contribution in [0.3, 0.4) is 0 Å². The lowest BCUT2D eigenvalue weighted by molar-refractivity contribution is 0.565. The molecule has 1 heterocycles. The zero-order chi connectivity index (χ0) is 14.7. The molecule has 0 atom stereocenters. The van der Waals surface area contributed by atoms with Gasteiger partial charge in [-0.15, -0.1) is 0 Å². The van der Waals surface area contributed by atoms with E-state index in [0.717, 1.165) is 29.9 Å². The molecule has 108 valence electrons. The third kappa shape index (κ3) is 2.95. The van der Waals surface area contributed by atoms with E-state index >= 15 is 0 Å². The van der Waals surface area contributed by atoms with Crippen LogP contribution in [-0.2, 0) is 13.1 Å². The van der Waals surface area contributed by atoms with Crippen LogP contribution in [0.4, 0.5) is 4.39 Å². The number of halogens is 1. The molecule has 4 heteroatoms. The highest BCUT2D eigenvalue weighted by Crippen LogP contribution is 2.14. The minimum atomic E-state index is -0.158. The number of aromatic nitrogens is 2. The van der Waals surface area contributed by atoms with Crippen molar-refractivity contribution in [3.63, 3.8) is 0 Å². The second-order valence-corrected chi connectivity index (χ2v) is 5.07. The highest BCUT2D eigenvalue weighted by atomic mass is 19.1. The molecular weight excluding hydrogens is 265 g/mol. The Bertz CT molecular complexity index is 749. The van der Waals surface area contributed by atoms with Crippen LogP contribution >= 0.6 is 0 Å². The second-order valence-electron chi connectivity index (χ2n) is 5.07. The molecule has 0 bridgehead atoms. The molecule has 3 nitrogen and oxygen atoms in total. The van der Waals surface area contributed by atoms with Gasteiger partial charge in [0, 0.05) is 25.2 Å². The smallest absolute Gasteiger partial charge is 0.127 e. The summed E-state index contributed by atoms with van der Waals surface area (Å²) in [5, 5.41) is 3.28. The molecule has 0 saturated heterocycles. The van der Waals surface area contributed by atoms with Crippen LogP contribution in [-0.4, -0.2) is 16.1 Å². The van der Waals surface area contributed by atoms with Gasteiger partial charge >= 0.3 is 0 Å². The summed E-state index contributed by atoms with van der Waals surface area (Å²) in [5.41, 5.74) is 2.86. The van der Waals surface area contributed by atoms with E-state index < -0.39 is 0 Å². The van der Waals surface area contributed by atoms with E-state index in [2.05, 4.69) is 20.9 Å². The normalized spacial score (nSPS) is 11.1. The number of aryl methyl sites for hydroxylation is 1. The van der Waals surface area contributed by atoms with Crippen molar-refractivity contribution < 1.29 is 4.39 Å². The molecule has 0 aliphatic rings. The average molecular weight is 283 g/mol. The Balaban J connectivity index is 1.62. The number of nitrogens with zero attached hydrogens (tertiary/aromatic N) is 2. The second kappa shape index (κ2) is 6.06. The molecule has 0 spiro atoms. The summed E-state index contributed by atoms with van der Waals surface area (Å²) >= 11 is 0. The number of nitrogens with one attached hydrogen (secondary N) is 1. The number of hydrogen-bond donors (Lipinski definition) is 1. The van der Waals surface area contributed by atoms with E-state index in [1.165, 1.54) is 6.07 Å². The number of fused-ring (bicyclic) bond motifs is 1. The fourth-order valence-corrected chi connectivity index (χ4v) is 2.53. The molecule has 1 aromatic heterocycles. The van der Waals surface area contributed by atoms with Gasteiger partial charge in [-0.25, -0.2) is 9.37 Å². The van der Waals surface area contributed by atoms with Crippen molar-refractivity contribution in [3.8, 4) is 0 Å². The van der Waals surface area contributed by atoms with E-state index in [1.54, 1.807) is 12.1 Å². The van der Waals surface area contributed by atoms with Crippen molar-refractivity contribution in [3.05, 3.63) is 65.7 Å². The van der Waals surface area contributed by atoms with Crippen LogP contribution in [0.25, 0.3) is 11.0 Å². The van der Waals surface area contributed by atoms with Crippen molar-refractivity contribution in [1.82, 2.24) is 14.9 Å². The van der Waals surface area contributed by atoms with E-state index in [0.29, 0.717) is 12.1 Å². The average Bonchev–Trinajstić information content (AvgIpc) is 2.81. The molecule has 0 aliphatic heterocycles. The molecule has 3 aromatic rings. The van der Waals surface area contributed by atoms with Gasteiger partial charge in [0.05, 0.1) is 11.0 Å². The fraction of sp³-hybridized carbons (Fsp3) is 0.235. The van der Waals surface area contributed by atoms with Crippen LogP contribution in [0.15, 0.2) is 48.5 Å². The maximum absolute atomic E-state index is 13.5. The van der Waals surface area contributed by atoms with Gasteiger partial charge in [0.15, 0.2) is 0 Å². The Morgan fingerprint density at radius 3 is 2.71 bits per heavy atom. The Morgan fingerprint density at radius 2 is 1.86 bits per heavy atom. The first-order valence-electron chi connectivity index (χ1n) is 7.11. The van der Waals surface area contributed by atoms with Gasteiger partial charge in [-0.3, -0.25) is 0 Å². The van der Waals surface area contributed by atoms with Gasteiger partial charge in [0.2, 0.25) is 0 Å². The van der Waals surface area contributed by atoms with Gasteiger partial charge < -0.3 is 9.88 Å². The van der Waals surface area contributed by atoms with E-state index in [4.69, 9.17) is 0 Å². The predicted molar refractivity (Wildman–Crippen MR) is 82.6 cm³/mol. The highest BCUT2D eigenvalue weighted by Gasteiger charge is 2.06. The quantitative estimate of drug-likeness (QED) is 0.728. The summed E-state index contributed by atoms with van der Waals surface area (Å²) in [4.78, 5) is 4.54. The van der Waals surface area contributed by atoms with Crippen LogP contribution in [0.2, 0.25) is 0 Å². The molecule has 0 unspecified atom stereocenters. The van der Waals surface area contributed by atoms with Gasteiger partial charge in [-0.05, 0) is 25.1 Å². The van der Waals surface area contributed by atoms with E-state index in [-0.39, 0.29) is 5.82 Å². The first-order valence-corrected chi connectivity index (χ1v) is 7.11. The van der Waals surface area contributed by atoms with Crippen LogP contribution in [0.1, 0.15) is 11.4 Å². The lowest BCUT2D eigenvalue weighted by atomic mass is 10.2. The predicted octanol–water partition coefficient (Wildman–Crippen LogP) is 3.27. The minimum absolute atomic E-state index is 0.158. The van der Waals surface area contributed by atoms with Gasteiger partial charge in [0.25, 0.3) is 0 Å². The molecule has 21 heavy (non-hydrogen) atoms. The van der Waals surface area contributed by atoms with Crippen molar-refractivity contribution in [1.29, 1.82) is 0 Å². The van der Waals surface area contributed by atoms with Gasteiger partial charge in [-0.1, -0.05) is 30.3 Å². The first-order chi connectivity index (χ1) is 10.3. The van der Waals surface area contributed by atoms with E-state index in [1.807, 2.05) is 31.2 Å². The Morgan fingerprint density at radius 1 is 1.10 bits per heavy atom. The Labute approximate surface area is 123 Å². The Kier molecular flexibility index (Phi) is 3.97. The maximum Gasteiger partial charge on any atom is 0.127 e. The lowest BCUT2D eigenvalue weighted by Gasteiger charge is -2.09. The summed E-state index contributed by atoms with van der Waals surface area (Å²) < 4.78 is 15.7. The third-order valence-electron chi connectivity index (χ3n) is 3.63. The van der Waals surface area contributed by atoms with Crippen molar-refractivity contribution >= 4 is 11.0 Å². The summed E-state index contributed by atoms with van der Waals surface area (Å²) in [6, 6.07) is 15.0. The molecule has 0 aliphatic carbocycles. The fourth-order valence-electron chi connectivity index (χ4n) is 2.53. The Hall–Kier alpha value is -2.20. The molecule has 3 rings (SSSR count). The molecule has 0 saturated carbocycles. The summed E-state index contributed by atoms with van der Waals surface area (Å²) in [5.74, 6) is 0.846. The monoisotopic (exact) mass is 283 g/mol. The van der Waals surface area contributed by atoms with Gasteiger partial charge in [-0.2, -0.15) is 0 Å². The standard InChI is InChI=1S/C17H18FN3/c1-13-20-16-8-4-5-9-17(16)21(13)11-10-19-12-14-6-2-3-7-15(14)18/h2-9,19H,10-12H2,1H3. The summed E-state index contributed by atoms with van der Waals surface area (Å²) in [6.45, 7) is 4.14. The third-order valence-corrected chi connectivity index (χ3v) is 3.63. The number of hydrogen-bond acceptors (Lipinski definition) is 2. The van der Waals surface area contributed by atoms with Crippen molar-refractivity contribution in [2.45, 2.75) is 20.0 Å². The van der Waals surface area contributed by atoms with Gasteiger partial charge in [0.1, 0.15) is 11.6 Å². The number of para-hydroxylation sites is 2. The highest BCUT2D eigenvalue weighted by molar-refractivity contribution is 5.75. The zero-order valence-corrected chi connectivity index (χ0v) is 12.0. The lowest BCUT2D eigenvalue weighted by Crippen LogP contribution is -2.20. The number of imidazole rings is 1. The van der Waals surface area contributed by atoms with Crippen LogP contribution in [0.5, 0.6) is 0 Å². The van der Waals surface area contributed by atoms with Crippen LogP contribution in [0, 0.1) is 12.7 Å². The first kappa shape index (κ1) is 13.8. The van der Waals surface area contributed by atoms with Crippen molar-refractivity contribution in [2.75, 3.05) is 6.54 Å². The maximum atomic E-state index is 13.5. The van der Waals surface area contributed by atoms with E-state index in [9.17, 15) is 4.39 Å². The molecule has 2 aromatic carbocycles. The summed E-state index contributed by atoms with van der Waals surface area (Å²) in [7, 11) is 0. The molecule has 0 fully saturated rings. The minimum Gasteiger partial charge on any atom is -0.327 e. The molecule has 0 radical (unpaired) electrons. The number of rotatable bonds is 5. The SMILES string of the molecule is Cc1nc2ccccc2n1CCNCc1ccccc1F. The topological polar surface area (TPSA) is 29.9 Å². The van der Waals surface area contributed by atoms with Crippen LogP contribution < -0.4 is 5.32 Å².